The molecule has 2 aliphatic rings. The highest BCUT2D eigenvalue weighted by atomic mass is 127. The third-order valence-electron chi connectivity index (χ3n) is 7.18. The van der Waals surface area contributed by atoms with Crippen molar-refractivity contribution in [3.8, 4) is 22.5 Å². The Morgan fingerprint density at radius 2 is 1.90 bits per heavy atom. The number of benzene rings is 2. The van der Waals surface area contributed by atoms with Crippen molar-refractivity contribution >= 4 is 39.3 Å². The zero-order chi connectivity index (χ0) is 21.2. The first-order chi connectivity index (χ1) is 15.1. The lowest BCUT2D eigenvalue weighted by atomic mass is 9.58. The molecule has 1 N–H and O–H groups in total. The van der Waals surface area contributed by atoms with E-state index in [0.29, 0.717) is 17.7 Å². The molecule has 4 aromatic rings. The van der Waals surface area contributed by atoms with E-state index in [1.807, 2.05) is 6.20 Å². The lowest BCUT2D eigenvalue weighted by molar-refractivity contribution is 0.0321. The van der Waals surface area contributed by atoms with Crippen molar-refractivity contribution in [2.24, 2.45) is 12.5 Å². The number of aryl methyl sites for hydroxylation is 1. The first-order valence-electron chi connectivity index (χ1n) is 10.8. The number of hydrogen-bond donors (Lipinski definition) is 1. The highest BCUT2D eigenvalue weighted by molar-refractivity contribution is 14.2. The van der Waals surface area contributed by atoms with Crippen LogP contribution >= 0.6 is 28.4 Å². The van der Waals surface area contributed by atoms with Crippen molar-refractivity contribution in [1.29, 1.82) is 0 Å². The summed E-state index contributed by atoms with van der Waals surface area (Å²) >= 11 is 2.40. The largest absolute Gasteiger partial charge is 0.330 e. The Labute approximate surface area is 197 Å². The molecule has 1 spiro atoms. The molecular formula is C24H25IN5P. The van der Waals surface area contributed by atoms with Crippen LogP contribution in [0.15, 0.2) is 48.7 Å². The number of hydrogen-bond acceptors (Lipinski definition) is 3. The third-order valence-corrected chi connectivity index (χ3v) is 9.07. The Hall–Kier alpha value is -1.76. The summed E-state index contributed by atoms with van der Waals surface area (Å²) in [6, 6.07) is 15.1. The van der Waals surface area contributed by atoms with Gasteiger partial charge in [0.05, 0.1) is 29.5 Å². The van der Waals surface area contributed by atoms with Crippen LogP contribution in [0.3, 0.4) is 0 Å². The fourth-order valence-corrected chi connectivity index (χ4v) is 7.03. The van der Waals surface area contributed by atoms with Crippen molar-refractivity contribution in [2.75, 3.05) is 13.1 Å². The van der Waals surface area contributed by atoms with Gasteiger partial charge >= 0.3 is 0 Å². The van der Waals surface area contributed by atoms with Gasteiger partial charge in [-0.15, -0.1) is 0 Å². The van der Waals surface area contributed by atoms with Crippen LogP contribution in [-0.4, -0.2) is 32.2 Å². The molecule has 5 nitrogen and oxygen atoms in total. The second kappa shape index (κ2) is 7.39. The maximum Gasteiger partial charge on any atom is 0.112 e. The van der Waals surface area contributed by atoms with Gasteiger partial charge in [0.2, 0.25) is 0 Å². The maximum atomic E-state index is 5.29. The van der Waals surface area contributed by atoms with Crippen molar-refractivity contribution < 1.29 is 0 Å². The molecule has 1 saturated carbocycles. The molecule has 0 bridgehead atoms. The second-order valence-corrected chi connectivity index (χ2v) is 11.2. The van der Waals surface area contributed by atoms with Crippen LogP contribution in [0, 0.1) is 12.3 Å². The Balaban J connectivity index is 1.57. The molecule has 7 heteroatoms. The smallest absolute Gasteiger partial charge is 0.112 e. The minimum Gasteiger partial charge on any atom is -0.330 e. The number of aromatic nitrogens is 4. The third kappa shape index (κ3) is 3.02. The number of halogens is 1. The zero-order valence-corrected chi connectivity index (χ0v) is 20.8. The average Bonchev–Trinajstić information content (AvgIpc) is 3.28. The van der Waals surface area contributed by atoms with E-state index >= 15 is 0 Å². The summed E-state index contributed by atoms with van der Waals surface area (Å²) in [4.78, 5) is 5.29. The van der Waals surface area contributed by atoms with E-state index in [9.17, 15) is 0 Å². The standard InChI is InChI=1S/C24H25IN5P/c1-15-8-9-19-18(12-27-30(19)31-25)20(15)22-21(16-6-4-3-5-7-16)28-23(29(22)2)17-10-24(11-17)13-26-14-24/h3-9,12,17,26,31H,10-11,13-14H2,1-2H3. The van der Waals surface area contributed by atoms with E-state index < -0.39 is 0 Å². The SMILES string of the molecule is Cc1ccc2c(cnn2PI)c1-c1c(-c2ccccc2)nc(C2CC3(CNC3)C2)n1C. The van der Waals surface area contributed by atoms with Crippen molar-refractivity contribution in [1.82, 2.24) is 24.4 Å². The summed E-state index contributed by atoms with van der Waals surface area (Å²) < 4.78 is 4.47. The predicted octanol–water partition coefficient (Wildman–Crippen LogP) is 5.67. The molecule has 0 amide bonds. The van der Waals surface area contributed by atoms with E-state index in [1.165, 1.54) is 65.0 Å². The Morgan fingerprint density at radius 3 is 2.58 bits per heavy atom. The first-order valence-corrected chi connectivity index (χ1v) is 14.8. The molecule has 1 aliphatic heterocycles. The quantitative estimate of drug-likeness (QED) is 0.268. The van der Waals surface area contributed by atoms with Gasteiger partial charge in [-0.1, -0.05) is 36.4 Å². The van der Waals surface area contributed by atoms with Crippen LogP contribution in [0.5, 0.6) is 0 Å². The molecule has 1 aliphatic carbocycles. The lowest BCUT2D eigenvalue weighted by Gasteiger charge is -2.54. The van der Waals surface area contributed by atoms with Gasteiger partial charge in [0, 0.05) is 42.6 Å². The summed E-state index contributed by atoms with van der Waals surface area (Å²) in [6.45, 7) is 4.54. The number of nitrogens with zero attached hydrogens (tertiary/aromatic N) is 4. The van der Waals surface area contributed by atoms with Crippen molar-refractivity contribution in [2.45, 2.75) is 25.7 Å². The molecule has 2 fully saturated rings. The van der Waals surface area contributed by atoms with Gasteiger partial charge in [0.15, 0.2) is 0 Å². The average molecular weight is 541 g/mol. The van der Waals surface area contributed by atoms with Gasteiger partial charge in [0.1, 0.15) is 5.82 Å². The van der Waals surface area contributed by atoms with E-state index in [4.69, 9.17) is 4.98 Å². The van der Waals surface area contributed by atoms with Crippen LogP contribution in [0.1, 0.15) is 30.1 Å². The maximum absolute atomic E-state index is 5.29. The van der Waals surface area contributed by atoms with Crippen molar-refractivity contribution in [3.05, 3.63) is 60.0 Å². The highest BCUT2D eigenvalue weighted by Gasteiger charge is 2.50. The molecule has 3 heterocycles. The minimum absolute atomic E-state index is 0.530. The summed E-state index contributed by atoms with van der Waals surface area (Å²) in [5.41, 5.74) is 7.74. The van der Waals surface area contributed by atoms with E-state index in [-0.39, 0.29) is 0 Å². The summed E-state index contributed by atoms with van der Waals surface area (Å²) in [6.07, 6.45) is 5.11. The van der Waals surface area contributed by atoms with Gasteiger partial charge in [-0.3, -0.25) is 0 Å². The van der Waals surface area contributed by atoms with Crippen LogP contribution in [0.25, 0.3) is 33.4 Å². The topological polar surface area (TPSA) is 47.7 Å². The zero-order valence-electron chi connectivity index (χ0n) is 17.7. The predicted molar refractivity (Wildman–Crippen MR) is 137 cm³/mol. The van der Waals surface area contributed by atoms with Gasteiger partial charge in [0.25, 0.3) is 0 Å². The minimum atomic E-state index is 0.530. The summed E-state index contributed by atoms with van der Waals surface area (Å²) in [5, 5.41) is 9.34. The number of imidazole rings is 1. The van der Waals surface area contributed by atoms with Gasteiger partial charge in [-0.05, 0) is 58.9 Å². The molecule has 31 heavy (non-hydrogen) atoms. The molecular weight excluding hydrogens is 516 g/mol. The molecule has 158 valence electrons. The van der Waals surface area contributed by atoms with Gasteiger partial charge < -0.3 is 9.88 Å². The molecule has 1 atom stereocenters. The summed E-state index contributed by atoms with van der Waals surface area (Å²) in [5.74, 6) is 1.77. The molecule has 2 aromatic heterocycles. The van der Waals surface area contributed by atoms with Crippen LogP contribution in [0.4, 0.5) is 0 Å². The molecule has 0 radical (unpaired) electrons. The van der Waals surface area contributed by atoms with Crippen LogP contribution in [-0.2, 0) is 7.05 Å². The highest BCUT2D eigenvalue weighted by Crippen LogP contribution is 2.54. The van der Waals surface area contributed by atoms with E-state index in [1.54, 1.807) is 0 Å². The van der Waals surface area contributed by atoms with Crippen LogP contribution in [0.2, 0.25) is 0 Å². The summed E-state index contributed by atoms with van der Waals surface area (Å²) in [7, 11) is 2.21. The number of nitrogens with one attached hydrogen (secondary N) is 1. The Morgan fingerprint density at radius 1 is 1.13 bits per heavy atom. The Kier molecular flexibility index (Phi) is 4.74. The molecule has 1 saturated heterocycles. The lowest BCUT2D eigenvalue weighted by Crippen LogP contribution is -2.59. The van der Waals surface area contributed by atoms with Gasteiger partial charge in [-0.25, -0.2) is 9.44 Å². The van der Waals surface area contributed by atoms with Crippen LogP contribution < -0.4 is 5.32 Å². The fourth-order valence-electron chi connectivity index (χ4n) is 5.49. The Bertz CT molecular complexity index is 1280. The number of rotatable bonds is 4. The monoisotopic (exact) mass is 541 g/mol. The molecule has 1 unspecified atom stereocenters. The normalized spacial score (nSPS) is 18.2. The van der Waals surface area contributed by atoms with E-state index in [2.05, 4.69) is 97.9 Å². The van der Waals surface area contributed by atoms with E-state index in [0.717, 1.165) is 5.69 Å². The molecule has 6 rings (SSSR count). The first kappa shape index (κ1) is 19.9. The second-order valence-electron chi connectivity index (χ2n) is 9.13. The molecule has 2 aromatic carbocycles. The van der Waals surface area contributed by atoms with Crippen molar-refractivity contribution in [3.63, 3.8) is 0 Å². The fraction of sp³-hybridized carbons (Fsp3) is 0.333. The number of fused-ring (bicyclic) bond motifs is 1. The van der Waals surface area contributed by atoms with Gasteiger partial charge in [-0.2, -0.15) is 5.10 Å².